The molecule has 1 fully saturated rings. The van der Waals surface area contributed by atoms with Gasteiger partial charge in [0.1, 0.15) is 5.60 Å². The third-order valence-corrected chi connectivity index (χ3v) is 4.61. The molecule has 1 aliphatic rings. The predicted octanol–water partition coefficient (Wildman–Crippen LogP) is 6.17. The Bertz CT molecular complexity index is 269. The summed E-state index contributed by atoms with van der Waals surface area (Å²) in [5.74, 6) is 0.0509. The smallest absolute Gasteiger partial charge is 0.306 e. The van der Waals surface area contributed by atoms with E-state index in [-0.39, 0.29) is 11.6 Å². The van der Waals surface area contributed by atoms with Gasteiger partial charge in [0.05, 0.1) is 0 Å². The molecule has 0 bridgehead atoms. The predicted molar refractivity (Wildman–Crippen MR) is 89.4 cm³/mol. The molecule has 0 atom stereocenters. The van der Waals surface area contributed by atoms with Crippen LogP contribution in [0.5, 0.6) is 0 Å². The van der Waals surface area contributed by atoms with Crippen LogP contribution in [-0.4, -0.2) is 11.6 Å². The van der Waals surface area contributed by atoms with Crippen molar-refractivity contribution in [2.75, 3.05) is 0 Å². The lowest BCUT2D eigenvalue weighted by Gasteiger charge is -2.16. The van der Waals surface area contributed by atoms with E-state index >= 15 is 0 Å². The number of unbranched alkanes of at least 4 members (excludes halogenated alkanes) is 9. The van der Waals surface area contributed by atoms with Gasteiger partial charge in [-0.3, -0.25) is 4.79 Å². The largest absolute Gasteiger partial charge is 0.459 e. The van der Waals surface area contributed by atoms with Crippen LogP contribution in [-0.2, 0) is 9.53 Å². The number of esters is 1. The van der Waals surface area contributed by atoms with Gasteiger partial charge in [-0.2, -0.15) is 0 Å². The van der Waals surface area contributed by atoms with Gasteiger partial charge in [-0.15, -0.1) is 0 Å². The first kappa shape index (κ1) is 18.5. The quantitative estimate of drug-likeness (QED) is 0.283. The molecule has 0 saturated heterocycles. The molecule has 0 heterocycles. The summed E-state index contributed by atoms with van der Waals surface area (Å²) in [5.41, 5.74) is -0.0365. The van der Waals surface area contributed by atoms with E-state index in [4.69, 9.17) is 4.74 Å². The maximum atomic E-state index is 11.9. The Morgan fingerprint density at radius 2 is 1.33 bits per heavy atom. The summed E-state index contributed by atoms with van der Waals surface area (Å²) in [6, 6.07) is 0. The molecule has 2 nitrogen and oxygen atoms in total. The van der Waals surface area contributed by atoms with Gasteiger partial charge in [0.15, 0.2) is 0 Å². The monoisotopic (exact) mass is 296 g/mol. The molecule has 0 spiro atoms. The van der Waals surface area contributed by atoms with Gasteiger partial charge in [0, 0.05) is 6.42 Å². The van der Waals surface area contributed by atoms with Gasteiger partial charge in [-0.05, 0) is 32.1 Å². The van der Waals surface area contributed by atoms with Gasteiger partial charge < -0.3 is 4.74 Å². The fourth-order valence-electron chi connectivity index (χ4n) is 2.94. The highest BCUT2D eigenvalue weighted by molar-refractivity contribution is 5.70. The van der Waals surface area contributed by atoms with Crippen molar-refractivity contribution in [2.24, 2.45) is 0 Å². The second-order valence-corrected chi connectivity index (χ2v) is 6.84. The fraction of sp³-hybridized carbons (Fsp3) is 0.947. The molecule has 1 aliphatic carbocycles. The van der Waals surface area contributed by atoms with Crippen molar-refractivity contribution in [3.8, 4) is 0 Å². The van der Waals surface area contributed by atoms with Crippen LogP contribution >= 0.6 is 0 Å². The zero-order chi connectivity index (χ0) is 15.4. The van der Waals surface area contributed by atoms with Crippen molar-refractivity contribution in [1.82, 2.24) is 0 Å². The lowest BCUT2D eigenvalue weighted by atomic mass is 10.1. The lowest BCUT2D eigenvalue weighted by Crippen LogP contribution is -2.19. The first-order chi connectivity index (χ1) is 10.2. The SMILES string of the molecule is CCCCCCCCC1(OC(=O)CCCCCCC)CC1. The number of carbonyl (C=O) groups is 1. The van der Waals surface area contributed by atoms with Gasteiger partial charge in [0.25, 0.3) is 0 Å². The van der Waals surface area contributed by atoms with Crippen molar-refractivity contribution in [2.45, 2.75) is 116 Å². The molecule has 0 N–H and O–H groups in total. The molecular weight excluding hydrogens is 260 g/mol. The van der Waals surface area contributed by atoms with E-state index in [1.807, 2.05) is 0 Å². The summed E-state index contributed by atoms with van der Waals surface area (Å²) in [6.07, 6.45) is 17.8. The maximum absolute atomic E-state index is 11.9. The Hall–Kier alpha value is -0.530. The lowest BCUT2D eigenvalue weighted by molar-refractivity contribution is -0.151. The highest BCUT2D eigenvalue weighted by atomic mass is 16.6. The Kier molecular flexibility index (Phi) is 9.78. The third kappa shape index (κ3) is 9.16. The molecule has 21 heavy (non-hydrogen) atoms. The zero-order valence-corrected chi connectivity index (χ0v) is 14.4. The first-order valence-corrected chi connectivity index (χ1v) is 9.44. The van der Waals surface area contributed by atoms with E-state index in [0.717, 1.165) is 25.7 Å². The number of carbonyl (C=O) groups excluding carboxylic acids is 1. The van der Waals surface area contributed by atoms with E-state index in [1.54, 1.807) is 0 Å². The Labute approximate surface area is 132 Å². The van der Waals surface area contributed by atoms with Gasteiger partial charge >= 0.3 is 5.97 Å². The van der Waals surface area contributed by atoms with E-state index < -0.39 is 0 Å². The van der Waals surface area contributed by atoms with Gasteiger partial charge in [0.2, 0.25) is 0 Å². The van der Waals surface area contributed by atoms with Crippen LogP contribution < -0.4 is 0 Å². The highest BCUT2D eigenvalue weighted by Gasteiger charge is 2.45. The summed E-state index contributed by atoms with van der Waals surface area (Å²) in [4.78, 5) is 11.9. The highest BCUT2D eigenvalue weighted by Crippen LogP contribution is 2.44. The number of hydrogen-bond donors (Lipinski definition) is 0. The second kappa shape index (κ2) is 11.1. The molecule has 0 radical (unpaired) electrons. The molecule has 0 aliphatic heterocycles. The van der Waals surface area contributed by atoms with Crippen molar-refractivity contribution in [3.05, 3.63) is 0 Å². The normalized spacial score (nSPS) is 15.9. The van der Waals surface area contributed by atoms with E-state index in [1.165, 1.54) is 64.2 Å². The van der Waals surface area contributed by atoms with Crippen LogP contribution in [0.25, 0.3) is 0 Å². The second-order valence-electron chi connectivity index (χ2n) is 6.84. The molecule has 2 heteroatoms. The molecule has 124 valence electrons. The molecule has 1 rings (SSSR count). The van der Waals surface area contributed by atoms with Crippen molar-refractivity contribution in [3.63, 3.8) is 0 Å². The average Bonchev–Trinajstić information content (AvgIpc) is 3.22. The fourth-order valence-corrected chi connectivity index (χ4v) is 2.94. The molecule has 1 saturated carbocycles. The number of hydrogen-bond acceptors (Lipinski definition) is 2. The number of rotatable bonds is 14. The van der Waals surface area contributed by atoms with Crippen LogP contribution in [0.2, 0.25) is 0 Å². The van der Waals surface area contributed by atoms with Crippen LogP contribution in [0.4, 0.5) is 0 Å². The summed E-state index contributed by atoms with van der Waals surface area (Å²) >= 11 is 0. The minimum Gasteiger partial charge on any atom is -0.459 e. The van der Waals surface area contributed by atoms with Crippen molar-refractivity contribution < 1.29 is 9.53 Å². The van der Waals surface area contributed by atoms with Crippen LogP contribution in [0.1, 0.15) is 110 Å². The molecule has 0 unspecified atom stereocenters. The summed E-state index contributed by atoms with van der Waals surface area (Å²) in [6.45, 7) is 4.47. The first-order valence-electron chi connectivity index (χ1n) is 9.44. The standard InChI is InChI=1S/C19H36O2/c1-3-5-7-9-11-13-15-19(16-17-19)21-18(20)14-12-10-8-6-4-2/h3-17H2,1-2H3. The minimum atomic E-state index is -0.0365. The Morgan fingerprint density at radius 1 is 0.810 bits per heavy atom. The molecular formula is C19H36O2. The van der Waals surface area contributed by atoms with Crippen molar-refractivity contribution >= 4 is 5.97 Å². The molecule has 0 amide bonds. The molecule has 0 aromatic rings. The van der Waals surface area contributed by atoms with Crippen LogP contribution in [0.3, 0.4) is 0 Å². The summed E-state index contributed by atoms with van der Waals surface area (Å²) < 4.78 is 5.74. The zero-order valence-electron chi connectivity index (χ0n) is 14.4. The average molecular weight is 296 g/mol. The Morgan fingerprint density at radius 3 is 1.90 bits per heavy atom. The van der Waals surface area contributed by atoms with E-state index in [0.29, 0.717) is 6.42 Å². The molecule has 0 aromatic carbocycles. The van der Waals surface area contributed by atoms with Crippen molar-refractivity contribution in [1.29, 1.82) is 0 Å². The van der Waals surface area contributed by atoms with Crippen LogP contribution in [0, 0.1) is 0 Å². The number of ether oxygens (including phenoxy) is 1. The third-order valence-electron chi connectivity index (χ3n) is 4.61. The Balaban J connectivity index is 2.00. The maximum Gasteiger partial charge on any atom is 0.306 e. The van der Waals surface area contributed by atoms with Gasteiger partial charge in [-0.25, -0.2) is 0 Å². The van der Waals surface area contributed by atoms with Crippen LogP contribution in [0.15, 0.2) is 0 Å². The topological polar surface area (TPSA) is 26.3 Å². The van der Waals surface area contributed by atoms with E-state index in [2.05, 4.69) is 13.8 Å². The minimum absolute atomic E-state index is 0.0365. The summed E-state index contributed by atoms with van der Waals surface area (Å²) in [5, 5.41) is 0. The van der Waals surface area contributed by atoms with Gasteiger partial charge in [-0.1, -0.05) is 71.6 Å². The van der Waals surface area contributed by atoms with E-state index in [9.17, 15) is 4.79 Å². The summed E-state index contributed by atoms with van der Waals surface area (Å²) in [7, 11) is 0. The molecule has 0 aromatic heterocycles.